The molecule has 0 unspecified atom stereocenters. The van der Waals surface area contributed by atoms with Gasteiger partial charge < -0.3 is 5.43 Å². The van der Waals surface area contributed by atoms with Crippen LogP contribution in [0.3, 0.4) is 0 Å². The van der Waals surface area contributed by atoms with Crippen LogP contribution in [0.2, 0.25) is 0 Å². The van der Waals surface area contributed by atoms with Crippen LogP contribution in [0.15, 0.2) is 23.3 Å². The standard InChI is InChI=1S/C15H16F2N2O/c1-15(2)6-11-13(12(20)7-15)14(19-18-11)9-5-8(16)3-4-10(9)17/h3-5,11,13,18H,6-7H2,1-2H3/t11-,13-/m0/s1. The largest absolute Gasteiger partial charge is 0.306 e. The van der Waals surface area contributed by atoms with Crippen LogP contribution in [-0.2, 0) is 4.79 Å². The quantitative estimate of drug-likeness (QED) is 0.858. The number of carbonyl (C=O) groups excluding carboxylic acids is 1. The average Bonchev–Trinajstić information content (AvgIpc) is 2.74. The zero-order valence-electron chi connectivity index (χ0n) is 11.4. The highest BCUT2D eigenvalue weighted by molar-refractivity contribution is 6.15. The second kappa shape index (κ2) is 4.36. The predicted molar refractivity (Wildman–Crippen MR) is 71.3 cm³/mol. The summed E-state index contributed by atoms with van der Waals surface area (Å²) in [5, 5.41) is 4.11. The Morgan fingerprint density at radius 3 is 2.85 bits per heavy atom. The van der Waals surface area contributed by atoms with E-state index in [9.17, 15) is 13.6 Å². The number of ketones is 1. The Morgan fingerprint density at radius 1 is 1.35 bits per heavy atom. The SMILES string of the molecule is CC1(C)CC(=O)[C@H]2C(c3cc(F)ccc3F)=NN[C@H]2C1. The van der Waals surface area contributed by atoms with Crippen LogP contribution in [0.5, 0.6) is 0 Å². The average molecular weight is 278 g/mol. The summed E-state index contributed by atoms with van der Waals surface area (Å²) in [4.78, 5) is 12.3. The highest BCUT2D eigenvalue weighted by Crippen LogP contribution is 2.39. The number of hydrazone groups is 1. The van der Waals surface area contributed by atoms with Crippen molar-refractivity contribution in [2.45, 2.75) is 32.7 Å². The summed E-state index contributed by atoms with van der Waals surface area (Å²) in [7, 11) is 0. The van der Waals surface area contributed by atoms with E-state index in [4.69, 9.17) is 0 Å². The van der Waals surface area contributed by atoms with Gasteiger partial charge in [-0.15, -0.1) is 0 Å². The molecule has 2 atom stereocenters. The van der Waals surface area contributed by atoms with Gasteiger partial charge in [-0.2, -0.15) is 5.10 Å². The number of benzene rings is 1. The van der Waals surface area contributed by atoms with E-state index in [0.29, 0.717) is 12.1 Å². The van der Waals surface area contributed by atoms with Gasteiger partial charge in [0.15, 0.2) is 0 Å². The molecule has 1 N–H and O–H groups in total. The molecule has 0 amide bonds. The molecule has 3 nitrogen and oxygen atoms in total. The van der Waals surface area contributed by atoms with Crippen LogP contribution in [0.25, 0.3) is 0 Å². The molecule has 1 aliphatic heterocycles. The number of rotatable bonds is 1. The predicted octanol–water partition coefficient (Wildman–Crippen LogP) is 2.65. The minimum absolute atomic E-state index is 0.0404. The van der Waals surface area contributed by atoms with Gasteiger partial charge in [-0.25, -0.2) is 8.78 Å². The molecule has 5 heteroatoms. The first kappa shape index (κ1) is 13.2. The minimum atomic E-state index is -0.551. The number of fused-ring (bicyclic) bond motifs is 1. The maximum absolute atomic E-state index is 13.9. The van der Waals surface area contributed by atoms with E-state index < -0.39 is 17.6 Å². The Hall–Kier alpha value is -1.78. The maximum atomic E-state index is 13.9. The van der Waals surface area contributed by atoms with Gasteiger partial charge in [-0.1, -0.05) is 13.8 Å². The highest BCUT2D eigenvalue weighted by Gasteiger charge is 2.46. The second-order valence-electron chi connectivity index (χ2n) is 6.35. The summed E-state index contributed by atoms with van der Waals surface area (Å²) in [5.74, 6) is -1.51. The van der Waals surface area contributed by atoms with Crippen molar-refractivity contribution in [3.63, 3.8) is 0 Å². The van der Waals surface area contributed by atoms with Gasteiger partial charge in [0.2, 0.25) is 0 Å². The van der Waals surface area contributed by atoms with Gasteiger partial charge in [0.05, 0.1) is 17.7 Å². The lowest BCUT2D eigenvalue weighted by molar-refractivity contribution is -0.126. The Balaban J connectivity index is 1.97. The molecule has 20 heavy (non-hydrogen) atoms. The number of carbonyl (C=O) groups is 1. The fourth-order valence-corrected chi connectivity index (χ4v) is 3.20. The summed E-state index contributed by atoms with van der Waals surface area (Å²) in [6, 6.07) is 3.11. The molecular formula is C15H16F2N2O. The smallest absolute Gasteiger partial charge is 0.144 e. The molecule has 1 heterocycles. The van der Waals surface area contributed by atoms with Crippen molar-refractivity contribution in [2.75, 3.05) is 0 Å². The monoisotopic (exact) mass is 278 g/mol. The molecule has 0 spiro atoms. The molecular weight excluding hydrogens is 262 g/mol. The number of hydrogen-bond donors (Lipinski definition) is 1. The Morgan fingerprint density at radius 2 is 2.10 bits per heavy atom. The molecule has 0 bridgehead atoms. The third kappa shape index (κ3) is 2.11. The van der Waals surface area contributed by atoms with Crippen molar-refractivity contribution in [1.29, 1.82) is 0 Å². The number of nitrogens with zero attached hydrogens (tertiary/aromatic N) is 1. The van der Waals surface area contributed by atoms with E-state index in [1.807, 2.05) is 13.8 Å². The molecule has 1 fully saturated rings. The van der Waals surface area contributed by atoms with Crippen LogP contribution in [0.4, 0.5) is 8.78 Å². The van der Waals surface area contributed by atoms with Crippen molar-refractivity contribution in [1.82, 2.24) is 5.43 Å². The van der Waals surface area contributed by atoms with Crippen molar-refractivity contribution >= 4 is 11.5 Å². The molecule has 3 rings (SSSR count). The number of hydrogen-bond acceptors (Lipinski definition) is 3. The maximum Gasteiger partial charge on any atom is 0.144 e. The van der Waals surface area contributed by atoms with Gasteiger partial charge >= 0.3 is 0 Å². The summed E-state index contributed by atoms with van der Waals surface area (Å²) in [6.45, 7) is 4.06. The lowest BCUT2D eigenvalue weighted by Gasteiger charge is -2.36. The van der Waals surface area contributed by atoms with Gasteiger partial charge in [-0.05, 0) is 30.0 Å². The summed E-state index contributed by atoms with van der Waals surface area (Å²) in [5.41, 5.74) is 3.24. The van der Waals surface area contributed by atoms with E-state index in [1.165, 1.54) is 0 Å². The fourth-order valence-electron chi connectivity index (χ4n) is 3.20. The molecule has 0 aromatic heterocycles. The first-order valence-corrected chi connectivity index (χ1v) is 6.69. The Kier molecular flexibility index (Phi) is 2.88. The molecule has 1 aromatic carbocycles. The molecule has 106 valence electrons. The summed E-state index contributed by atoms with van der Waals surface area (Å²) < 4.78 is 27.2. The number of halogens is 2. The molecule has 1 saturated carbocycles. The van der Waals surface area contributed by atoms with Gasteiger partial charge in [0, 0.05) is 12.0 Å². The van der Waals surface area contributed by atoms with Crippen molar-refractivity contribution < 1.29 is 13.6 Å². The topological polar surface area (TPSA) is 41.5 Å². The number of nitrogens with one attached hydrogen (secondary N) is 1. The van der Waals surface area contributed by atoms with Crippen LogP contribution in [0, 0.1) is 23.0 Å². The van der Waals surface area contributed by atoms with E-state index in [2.05, 4.69) is 10.5 Å². The zero-order chi connectivity index (χ0) is 14.5. The number of Topliss-reactive ketones (excluding diaryl/α,β-unsaturated/α-hetero) is 1. The lowest BCUT2D eigenvalue weighted by atomic mass is 9.68. The molecule has 1 aliphatic carbocycles. The van der Waals surface area contributed by atoms with E-state index >= 15 is 0 Å². The molecule has 0 saturated heterocycles. The van der Waals surface area contributed by atoms with Crippen molar-refractivity contribution in [3.8, 4) is 0 Å². The van der Waals surface area contributed by atoms with Crippen molar-refractivity contribution in [3.05, 3.63) is 35.4 Å². The van der Waals surface area contributed by atoms with Crippen LogP contribution < -0.4 is 5.43 Å². The lowest BCUT2D eigenvalue weighted by Crippen LogP contribution is -2.45. The fraction of sp³-hybridized carbons (Fsp3) is 0.467. The van der Waals surface area contributed by atoms with Gasteiger partial charge in [0.25, 0.3) is 0 Å². The second-order valence-corrected chi connectivity index (χ2v) is 6.35. The van der Waals surface area contributed by atoms with Crippen LogP contribution >= 0.6 is 0 Å². The molecule has 2 aliphatic rings. The Bertz CT molecular complexity index is 610. The minimum Gasteiger partial charge on any atom is -0.306 e. The summed E-state index contributed by atoms with van der Waals surface area (Å²) >= 11 is 0. The first-order chi connectivity index (χ1) is 9.37. The molecule has 0 radical (unpaired) electrons. The van der Waals surface area contributed by atoms with E-state index in [-0.39, 0.29) is 22.8 Å². The van der Waals surface area contributed by atoms with Crippen molar-refractivity contribution in [2.24, 2.45) is 16.4 Å². The van der Waals surface area contributed by atoms with Crippen LogP contribution in [-0.4, -0.2) is 17.5 Å². The summed E-state index contributed by atoms with van der Waals surface area (Å²) in [6.07, 6.45) is 1.22. The van der Waals surface area contributed by atoms with E-state index in [0.717, 1.165) is 24.6 Å². The molecule has 1 aromatic rings. The van der Waals surface area contributed by atoms with Gasteiger partial charge in [0.1, 0.15) is 17.4 Å². The third-order valence-electron chi connectivity index (χ3n) is 4.02. The van der Waals surface area contributed by atoms with Gasteiger partial charge in [-0.3, -0.25) is 4.79 Å². The Labute approximate surface area is 116 Å². The van der Waals surface area contributed by atoms with Crippen LogP contribution in [0.1, 0.15) is 32.3 Å². The third-order valence-corrected chi connectivity index (χ3v) is 4.02. The normalized spacial score (nSPS) is 27.8. The highest BCUT2D eigenvalue weighted by atomic mass is 19.1. The zero-order valence-corrected chi connectivity index (χ0v) is 11.4. The van der Waals surface area contributed by atoms with E-state index in [1.54, 1.807) is 0 Å². The first-order valence-electron chi connectivity index (χ1n) is 6.69.